The van der Waals surface area contributed by atoms with Crippen molar-refractivity contribution in [3.63, 3.8) is 0 Å². The average Bonchev–Trinajstić information content (AvgIpc) is 2.36. The highest BCUT2D eigenvalue weighted by Gasteiger charge is 2.19. The minimum atomic E-state index is -3.01. The van der Waals surface area contributed by atoms with Crippen LogP contribution >= 0.6 is 0 Å². The molecule has 20 heavy (non-hydrogen) atoms. The van der Waals surface area contributed by atoms with Crippen LogP contribution in [0, 0.1) is 11.7 Å². The van der Waals surface area contributed by atoms with E-state index < -0.39 is 9.84 Å². The smallest absolute Gasteiger partial charge is 0.152 e. The Balaban J connectivity index is 2.65. The normalized spacial score (nSPS) is 13.7. The predicted octanol–water partition coefficient (Wildman–Crippen LogP) is 2.42. The first kappa shape index (κ1) is 17.1. The maximum atomic E-state index is 13.2. The molecule has 1 aromatic carbocycles. The third-order valence-electron chi connectivity index (χ3n) is 3.44. The maximum absolute atomic E-state index is 13.2. The van der Waals surface area contributed by atoms with E-state index in [1.165, 1.54) is 12.1 Å². The van der Waals surface area contributed by atoms with Crippen LogP contribution in [0.3, 0.4) is 0 Å². The summed E-state index contributed by atoms with van der Waals surface area (Å²) in [7, 11) is -1.17. The van der Waals surface area contributed by atoms with Crippen LogP contribution in [0.25, 0.3) is 0 Å². The lowest BCUT2D eigenvalue weighted by atomic mass is 9.97. The van der Waals surface area contributed by atoms with Gasteiger partial charge in [0.05, 0.1) is 11.0 Å². The molecule has 1 rings (SSSR count). The summed E-state index contributed by atoms with van der Waals surface area (Å²) >= 11 is 0. The van der Waals surface area contributed by atoms with Gasteiger partial charge in [-0.2, -0.15) is 0 Å². The fourth-order valence-corrected chi connectivity index (χ4v) is 3.26. The zero-order valence-corrected chi connectivity index (χ0v) is 13.2. The highest BCUT2D eigenvalue weighted by molar-refractivity contribution is 7.91. The van der Waals surface area contributed by atoms with Crippen molar-refractivity contribution in [3.8, 4) is 0 Å². The molecule has 114 valence electrons. The zero-order chi connectivity index (χ0) is 15.2. The van der Waals surface area contributed by atoms with Gasteiger partial charge in [0, 0.05) is 0 Å². The highest BCUT2D eigenvalue weighted by atomic mass is 32.2. The Kier molecular flexibility index (Phi) is 6.62. The lowest BCUT2D eigenvalue weighted by molar-refractivity contribution is 0.475. The van der Waals surface area contributed by atoms with E-state index in [0.29, 0.717) is 12.8 Å². The van der Waals surface area contributed by atoms with Gasteiger partial charge >= 0.3 is 0 Å². The topological polar surface area (TPSA) is 46.2 Å². The van der Waals surface area contributed by atoms with Gasteiger partial charge in [-0.25, -0.2) is 12.8 Å². The van der Waals surface area contributed by atoms with Gasteiger partial charge in [-0.05, 0) is 63.9 Å². The maximum Gasteiger partial charge on any atom is 0.152 e. The fourth-order valence-electron chi connectivity index (χ4n) is 2.13. The third kappa shape index (κ3) is 5.59. The second-order valence-corrected chi connectivity index (χ2v) is 8.14. The Morgan fingerprint density at radius 3 is 2.55 bits per heavy atom. The average molecular weight is 301 g/mol. The second-order valence-electron chi connectivity index (χ2n) is 5.46. The molecular weight excluding hydrogens is 277 g/mol. The van der Waals surface area contributed by atoms with E-state index in [1.807, 2.05) is 13.1 Å². The number of hydrogen-bond acceptors (Lipinski definition) is 3. The van der Waals surface area contributed by atoms with Crippen LogP contribution in [0.2, 0.25) is 0 Å². The molecule has 0 spiro atoms. The molecule has 0 fully saturated rings. The van der Waals surface area contributed by atoms with Crippen LogP contribution < -0.4 is 5.32 Å². The van der Waals surface area contributed by atoms with E-state index in [1.54, 1.807) is 19.9 Å². The Morgan fingerprint density at radius 2 is 2.00 bits per heavy atom. The SMILES string of the molecule is CNCC(CCS(=O)(=O)C(C)C)Cc1cccc(F)c1. The molecule has 3 nitrogen and oxygen atoms in total. The molecule has 1 unspecified atom stereocenters. The van der Waals surface area contributed by atoms with Crippen LogP contribution in [0.15, 0.2) is 24.3 Å². The van der Waals surface area contributed by atoms with Gasteiger partial charge in [0.2, 0.25) is 0 Å². The Hall–Kier alpha value is -0.940. The molecule has 1 aromatic rings. The molecule has 0 radical (unpaired) electrons. The van der Waals surface area contributed by atoms with Crippen molar-refractivity contribution in [2.24, 2.45) is 5.92 Å². The zero-order valence-electron chi connectivity index (χ0n) is 12.4. The molecule has 0 amide bonds. The lowest BCUT2D eigenvalue weighted by Gasteiger charge is -2.17. The first-order valence-corrected chi connectivity index (χ1v) is 8.67. The van der Waals surface area contributed by atoms with Gasteiger partial charge in [-0.15, -0.1) is 0 Å². The van der Waals surface area contributed by atoms with E-state index in [-0.39, 0.29) is 22.7 Å². The minimum Gasteiger partial charge on any atom is -0.319 e. The molecule has 1 atom stereocenters. The van der Waals surface area contributed by atoms with Crippen molar-refractivity contribution in [2.75, 3.05) is 19.3 Å². The van der Waals surface area contributed by atoms with Crippen molar-refractivity contribution >= 4 is 9.84 Å². The highest BCUT2D eigenvalue weighted by Crippen LogP contribution is 2.15. The number of benzene rings is 1. The summed E-state index contributed by atoms with van der Waals surface area (Å²) < 4.78 is 36.9. The largest absolute Gasteiger partial charge is 0.319 e. The Morgan fingerprint density at radius 1 is 1.30 bits per heavy atom. The van der Waals surface area contributed by atoms with Crippen molar-refractivity contribution in [1.29, 1.82) is 0 Å². The van der Waals surface area contributed by atoms with Crippen molar-refractivity contribution in [3.05, 3.63) is 35.6 Å². The minimum absolute atomic E-state index is 0.187. The van der Waals surface area contributed by atoms with Gasteiger partial charge in [0.1, 0.15) is 5.82 Å². The molecule has 0 saturated heterocycles. The number of halogens is 1. The first-order valence-electron chi connectivity index (χ1n) is 6.95. The van der Waals surface area contributed by atoms with Crippen molar-refractivity contribution in [1.82, 2.24) is 5.32 Å². The quantitative estimate of drug-likeness (QED) is 0.802. The summed E-state index contributed by atoms with van der Waals surface area (Å²) in [6.45, 7) is 4.13. The van der Waals surface area contributed by atoms with Crippen LogP contribution in [0.5, 0.6) is 0 Å². The first-order chi connectivity index (χ1) is 9.35. The molecule has 0 saturated carbocycles. The summed E-state index contributed by atoms with van der Waals surface area (Å²) in [6.07, 6.45) is 1.28. The fraction of sp³-hybridized carbons (Fsp3) is 0.600. The summed E-state index contributed by atoms with van der Waals surface area (Å²) in [5.41, 5.74) is 0.909. The number of hydrogen-bond donors (Lipinski definition) is 1. The monoisotopic (exact) mass is 301 g/mol. The van der Waals surface area contributed by atoms with Crippen LogP contribution in [-0.4, -0.2) is 33.0 Å². The number of nitrogens with one attached hydrogen (secondary N) is 1. The number of sulfone groups is 1. The summed E-state index contributed by atoms with van der Waals surface area (Å²) in [6, 6.07) is 6.49. The lowest BCUT2D eigenvalue weighted by Crippen LogP contribution is -2.25. The second kappa shape index (κ2) is 7.74. The molecular formula is C15H24FNO2S. The van der Waals surface area contributed by atoms with Gasteiger partial charge in [-0.3, -0.25) is 0 Å². The summed E-state index contributed by atoms with van der Waals surface area (Å²) in [4.78, 5) is 0. The van der Waals surface area contributed by atoms with E-state index >= 15 is 0 Å². The van der Waals surface area contributed by atoms with Crippen LogP contribution in [0.4, 0.5) is 4.39 Å². The summed E-state index contributed by atoms with van der Waals surface area (Å²) in [5, 5.41) is 2.74. The van der Waals surface area contributed by atoms with Crippen molar-refractivity contribution < 1.29 is 12.8 Å². The molecule has 1 N–H and O–H groups in total. The van der Waals surface area contributed by atoms with Crippen molar-refractivity contribution in [2.45, 2.75) is 31.9 Å². The van der Waals surface area contributed by atoms with Crippen LogP contribution in [-0.2, 0) is 16.3 Å². The summed E-state index contributed by atoms with van der Waals surface area (Å²) in [5.74, 6) is 0.127. The van der Waals surface area contributed by atoms with Gasteiger partial charge in [0.15, 0.2) is 9.84 Å². The van der Waals surface area contributed by atoms with Crippen LogP contribution in [0.1, 0.15) is 25.8 Å². The van der Waals surface area contributed by atoms with E-state index in [9.17, 15) is 12.8 Å². The molecule has 0 aliphatic carbocycles. The van der Waals surface area contributed by atoms with E-state index in [0.717, 1.165) is 12.1 Å². The third-order valence-corrected chi connectivity index (χ3v) is 5.68. The van der Waals surface area contributed by atoms with Gasteiger partial charge in [0.25, 0.3) is 0 Å². The standard InChI is InChI=1S/C15H24FNO2S/c1-12(2)20(18,19)8-7-14(11-17-3)9-13-5-4-6-15(16)10-13/h4-6,10,12,14,17H,7-9,11H2,1-3H3. The molecule has 5 heteroatoms. The van der Waals surface area contributed by atoms with Gasteiger partial charge in [-0.1, -0.05) is 12.1 Å². The Labute approximate surface area is 121 Å². The van der Waals surface area contributed by atoms with E-state index in [4.69, 9.17) is 0 Å². The molecule has 0 aliphatic heterocycles. The molecule has 0 heterocycles. The Bertz CT molecular complexity index is 514. The molecule has 0 aromatic heterocycles. The predicted molar refractivity (Wildman–Crippen MR) is 81.1 cm³/mol. The van der Waals surface area contributed by atoms with Gasteiger partial charge < -0.3 is 5.32 Å². The van der Waals surface area contributed by atoms with E-state index in [2.05, 4.69) is 5.32 Å². The molecule has 0 aliphatic rings. The molecule has 0 bridgehead atoms. The number of rotatable bonds is 8.